The highest BCUT2D eigenvalue weighted by Crippen LogP contribution is 2.30. The molecule has 0 unspecified atom stereocenters. The van der Waals surface area contributed by atoms with E-state index in [1.807, 2.05) is 0 Å². The van der Waals surface area contributed by atoms with Crippen LogP contribution in [0.4, 0.5) is 10.1 Å². The van der Waals surface area contributed by atoms with E-state index in [2.05, 4.69) is 5.32 Å². The molecule has 0 saturated carbocycles. The number of anilines is 1. The fraction of sp³-hybridized carbons (Fsp3) is 0.222. The minimum atomic E-state index is -0.606. The number of rotatable bonds is 3. The Morgan fingerprint density at radius 2 is 1.80 bits per heavy atom. The van der Waals surface area contributed by atoms with Gasteiger partial charge in [0.1, 0.15) is 11.6 Å². The highest BCUT2D eigenvalue weighted by atomic mass is 19.1. The number of nitrogens with one attached hydrogen (secondary N) is 1. The van der Waals surface area contributed by atoms with E-state index in [9.17, 15) is 19.1 Å². The summed E-state index contributed by atoms with van der Waals surface area (Å²) in [5.41, 5.74) is 1.64. The van der Waals surface area contributed by atoms with Crippen molar-refractivity contribution < 1.29 is 14.3 Å². The topological polar surface area (TPSA) is 76.3 Å². The average molecular weight is 343 g/mol. The SMILES string of the molecule is C[C@H](C(=O)Nc1cc2c(cc1O)n(C)c(=O)n2C)c1cccc(F)c1. The summed E-state index contributed by atoms with van der Waals surface area (Å²) in [5.74, 6) is -1.55. The van der Waals surface area contributed by atoms with Crippen LogP contribution >= 0.6 is 0 Å². The van der Waals surface area contributed by atoms with Crippen molar-refractivity contribution in [3.63, 3.8) is 0 Å². The second kappa shape index (κ2) is 6.08. The van der Waals surface area contributed by atoms with Gasteiger partial charge in [0.05, 0.1) is 22.6 Å². The van der Waals surface area contributed by atoms with Crippen molar-refractivity contribution in [2.75, 3.05) is 5.32 Å². The number of aromatic hydroxyl groups is 1. The molecule has 0 aliphatic heterocycles. The van der Waals surface area contributed by atoms with E-state index in [1.165, 1.54) is 33.4 Å². The van der Waals surface area contributed by atoms with Gasteiger partial charge in [-0.15, -0.1) is 0 Å². The molecule has 1 heterocycles. The zero-order valence-electron chi connectivity index (χ0n) is 14.1. The second-order valence-corrected chi connectivity index (χ2v) is 6.02. The van der Waals surface area contributed by atoms with Gasteiger partial charge in [0.25, 0.3) is 0 Å². The fourth-order valence-electron chi connectivity index (χ4n) is 2.80. The molecular formula is C18H18FN3O3. The highest BCUT2D eigenvalue weighted by molar-refractivity contribution is 5.98. The Balaban J connectivity index is 1.94. The number of phenolic OH excluding ortho intramolecular Hbond substituents is 1. The molecule has 25 heavy (non-hydrogen) atoms. The van der Waals surface area contributed by atoms with Crippen LogP contribution < -0.4 is 11.0 Å². The molecule has 2 N–H and O–H groups in total. The monoisotopic (exact) mass is 343 g/mol. The lowest BCUT2D eigenvalue weighted by molar-refractivity contribution is -0.117. The first-order chi connectivity index (χ1) is 11.8. The zero-order chi connectivity index (χ0) is 18.3. The van der Waals surface area contributed by atoms with Crippen LogP contribution in [0.25, 0.3) is 11.0 Å². The van der Waals surface area contributed by atoms with Crippen LogP contribution in [0, 0.1) is 5.82 Å². The van der Waals surface area contributed by atoms with Crippen LogP contribution in [0.1, 0.15) is 18.4 Å². The van der Waals surface area contributed by atoms with Crippen LogP contribution in [0.3, 0.4) is 0 Å². The predicted octanol–water partition coefficient (Wildman–Crippen LogP) is 2.46. The molecule has 130 valence electrons. The minimum absolute atomic E-state index is 0.145. The van der Waals surface area contributed by atoms with Crippen LogP contribution in [0.2, 0.25) is 0 Å². The number of halogens is 1. The van der Waals surface area contributed by atoms with Crippen LogP contribution in [0.5, 0.6) is 5.75 Å². The zero-order valence-corrected chi connectivity index (χ0v) is 14.1. The Kier molecular flexibility index (Phi) is 4.08. The Hall–Kier alpha value is -3.09. The van der Waals surface area contributed by atoms with Gasteiger partial charge in [0.15, 0.2) is 0 Å². The molecule has 1 aromatic heterocycles. The van der Waals surface area contributed by atoms with Crippen molar-refractivity contribution in [2.45, 2.75) is 12.8 Å². The van der Waals surface area contributed by atoms with E-state index in [0.717, 1.165) is 0 Å². The summed E-state index contributed by atoms with van der Waals surface area (Å²) >= 11 is 0. The van der Waals surface area contributed by atoms with Gasteiger partial charge in [-0.2, -0.15) is 0 Å². The molecule has 6 nitrogen and oxygen atoms in total. The van der Waals surface area contributed by atoms with E-state index in [-0.39, 0.29) is 23.0 Å². The van der Waals surface area contributed by atoms with Crippen LogP contribution in [-0.2, 0) is 18.9 Å². The number of aromatic nitrogens is 2. The number of carbonyl (C=O) groups is 1. The van der Waals surface area contributed by atoms with Gasteiger partial charge in [0.2, 0.25) is 5.91 Å². The van der Waals surface area contributed by atoms with Gasteiger partial charge in [-0.1, -0.05) is 12.1 Å². The summed E-state index contributed by atoms with van der Waals surface area (Å²) in [5, 5.41) is 12.8. The lowest BCUT2D eigenvalue weighted by Gasteiger charge is -2.14. The number of hydrogen-bond acceptors (Lipinski definition) is 3. The standard InChI is InChI=1S/C18H18FN3O3/c1-10(11-5-4-6-12(19)7-11)17(24)20-13-8-14-15(9-16(13)23)22(3)18(25)21(14)2/h4-10,23H,1-3H3,(H,20,24)/t10-/m0/s1. The smallest absolute Gasteiger partial charge is 0.328 e. The number of phenols is 1. The molecule has 0 spiro atoms. The molecule has 2 aromatic carbocycles. The average Bonchev–Trinajstić information content (AvgIpc) is 2.79. The molecular weight excluding hydrogens is 325 g/mol. The molecule has 3 rings (SSSR count). The number of hydrogen-bond donors (Lipinski definition) is 2. The molecule has 0 bridgehead atoms. The van der Waals surface area contributed by atoms with Crippen molar-refractivity contribution >= 4 is 22.6 Å². The lowest BCUT2D eigenvalue weighted by Crippen LogP contribution is -2.19. The third-order valence-electron chi connectivity index (χ3n) is 4.39. The summed E-state index contributed by atoms with van der Waals surface area (Å²) in [6.07, 6.45) is 0. The first-order valence-corrected chi connectivity index (χ1v) is 7.74. The molecule has 0 radical (unpaired) electrons. The normalized spacial score (nSPS) is 12.3. The molecule has 0 aliphatic carbocycles. The second-order valence-electron chi connectivity index (χ2n) is 6.02. The molecule has 1 atom stereocenters. The van der Waals surface area contributed by atoms with Crippen LogP contribution in [0.15, 0.2) is 41.2 Å². The number of benzene rings is 2. The van der Waals surface area contributed by atoms with Crippen molar-refractivity contribution in [1.82, 2.24) is 9.13 Å². The number of fused-ring (bicyclic) bond motifs is 1. The Labute approximate surface area is 143 Å². The highest BCUT2D eigenvalue weighted by Gasteiger charge is 2.19. The molecule has 0 aliphatic rings. The number of aryl methyl sites for hydroxylation is 2. The summed E-state index contributed by atoms with van der Waals surface area (Å²) in [4.78, 5) is 24.4. The molecule has 1 amide bonds. The molecule has 0 saturated heterocycles. The fourth-order valence-corrected chi connectivity index (χ4v) is 2.80. The molecule has 0 fully saturated rings. The maximum absolute atomic E-state index is 13.3. The van der Waals surface area contributed by atoms with Gasteiger partial charge < -0.3 is 10.4 Å². The first kappa shape index (κ1) is 16.8. The van der Waals surface area contributed by atoms with E-state index in [1.54, 1.807) is 33.2 Å². The van der Waals surface area contributed by atoms with Crippen molar-refractivity contribution in [3.8, 4) is 5.75 Å². The van der Waals surface area contributed by atoms with Gasteiger partial charge in [-0.3, -0.25) is 13.9 Å². The summed E-state index contributed by atoms with van der Waals surface area (Å²) in [6, 6.07) is 8.79. The van der Waals surface area contributed by atoms with Gasteiger partial charge in [-0.05, 0) is 30.7 Å². The third-order valence-corrected chi connectivity index (χ3v) is 4.39. The minimum Gasteiger partial charge on any atom is -0.506 e. The van der Waals surface area contributed by atoms with E-state index < -0.39 is 11.7 Å². The van der Waals surface area contributed by atoms with Crippen molar-refractivity contribution in [2.24, 2.45) is 14.1 Å². The Bertz CT molecular complexity index is 1040. The van der Waals surface area contributed by atoms with Gasteiger partial charge >= 0.3 is 5.69 Å². The largest absolute Gasteiger partial charge is 0.506 e. The van der Waals surface area contributed by atoms with Crippen molar-refractivity contribution in [3.05, 3.63) is 58.3 Å². The number of nitrogens with zero attached hydrogens (tertiary/aromatic N) is 2. The van der Waals surface area contributed by atoms with Gasteiger partial charge in [-0.25, -0.2) is 9.18 Å². The summed E-state index contributed by atoms with van der Waals surface area (Å²) < 4.78 is 16.2. The summed E-state index contributed by atoms with van der Waals surface area (Å²) in [6.45, 7) is 1.65. The molecule has 7 heteroatoms. The maximum atomic E-state index is 13.3. The van der Waals surface area contributed by atoms with E-state index in [4.69, 9.17) is 0 Å². The van der Waals surface area contributed by atoms with Crippen molar-refractivity contribution in [1.29, 1.82) is 0 Å². The summed E-state index contributed by atoms with van der Waals surface area (Å²) in [7, 11) is 3.22. The molecule has 3 aromatic rings. The number of imidazole rings is 1. The van der Waals surface area contributed by atoms with Crippen LogP contribution in [-0.4, -0.2) is 20.1 Å². The Morgan fingerprint density at radius 1 is 1.16 bits per heavy atom. The number of amides is 1. The predicted molar refractivity (Wildman–Crippen MR) is 93.3 cm³/mol. The van der Waals surface area contributed by atoms with E-state index >= 15 is 0 Å². The van der Waals surface area contributed by atoms with Gasteiger partial charge in [0, 0.05) is 20.2 Å². The third kappa shape index (κ3) is 2.88. The lowest BCUT2D eigenvalue weighted by atomic mass is 10.00. The van der Waals surface area contributed by atoms with E-state index in [0.29, 0.717) is 16.6 Å². The maximum Gasteiger partial charge on any atom is 0.328 e. The number of carbonyl (C=O) groups excluding carboxylic acids is 1. The first-order valence-electron chi connectivity index (χ1n) is 7.74. The quantitative estimate of drug-likeness (QED) is 0.717. The Morgan fingerprint density at radius 3 is 2.44 bits per heavy atom.